The molecule has 0 fully saturated rings. The number of hydrogen-bond donors (Lipinski definition) is 3. The van der Waals surface area contributed by atoms with E-state index in [9.17, 15) is 4.79 Å². The zero-order valence-corrected chi connectivity index (χ0v) is 15.7. The van der Waals surface area contributed by atoms with Crippen LogP contribution in [0.2, 0.25) is 5.02 Å². The number of benzene rings is 1. The van der Waals surface area contributed by atoms with Crippen molar-refractivity contribution < 1.29 is 9.90 Å². The number of rotatable bonds is 4. The summed E-state index contributed by atoms with van der Waals surface area (Å²) in [4.78, 5) is 14.6. The van der Waals surface area contributed by atoms with E-state index in [1.54, 1.807) is 35.6 Å². The van der Waals surface area contributed by atoms with Crippen LogP contribution >= 0.6 is 22.9 Å². The standard InChI is InChI=1S/C18H20ClN3O2S/c1-10-7-12(13(20)3-5-21-2)16-11-4-6-22(15(24)9-23)8-14(11)25-18(16)17(10)19/h3,5,7,20-21,23H,4,6,8-9H2,1-2H3/b5-3-,20-13?. The lowest BCUT2D eigenvalue weighted by atomic mass is 9.95. The van der Waals surface area contributed by atoms with Gasteiger partial charge >= 0.3 is 0 Å². The summed E-state index contributed by atoms with van der Waals surface area (Å²) in [7, 11) is 1.80. The molecular weight excluding hydrogens is 358 g/mol. The Hall–Kier alpha value is -1.89. The first-order valence-electron chi connectivity index (χ1n) is 8.02. The summed E-state index contributed by atoms with van der Waals surface area (Å²) in [6.45, 7) is 2.54. The number of carbonyl (C=O) groups excluding carboxylic acids is 1. The van der Waals surface area contributed by atoms with E-state index >= 15 is 0 Å². The number of allylic oxidation sites excluding steroid dienone is 1. The molecule has 1 aliphatic rings. The summed E-state index contributed by atoms with van der Waals surface area (Å²) in [5.74, 6) is -0.254. The summed E-state index contributed by atoms with van der Waals surface area (Å²) in [6, 6.07) is 1.96. The van der Waals surface area contributed by atoms with Crippen molar-refractivity contribution in [2.75, 3.05) is 20.2 Å². The predicted octanol–water partition coefficient (Wildman–Crippen LogP) is 2.84. The third-order valence-corrected chi connectivity index (χ3v) is 6.26. The zero-order chi connectivity index (χ0) is 18.1. The van der Waals surface area contributed by atoms with Crippen molar-refractivity contribution in [3.05, 3.63) is 44.9 Å². The number of nitrogens with zero attached hydrogens (tertiary/aromatic N) is 1. The first-order valence-corrected chi connectivity index (χ1v) is 9.22. The maximum absolute atomic E-state index is 11.8. The van der Waals surface area contributed by atoms with Crippen molar-refractivity contribution in [3.8, 4) is 0 Å². The fraction of sp³-hybridized carbons (Fsp3) is 0.333. The van der Waals surface area contributed by atoms with E-state index in [-0.39, 0.29) is 5.91 Å². The molecule has 132 valence electrons. The van der Waals surface area contributed by atoms with Crippen molar-refractivity contribution in [1.82, 2.24) is 10.2 Å². The van der Waals surface area contributed by atoms with Gasteiger partial charge in [-0.15, -0.1) is 11.3 Å². The molecule has 0 atom stereocenters. The summed E-state index contributed by atoms with van der Waals surface area (Å²) in [6.07, 6.45) is 4.17. The van der Waals surface area contributed by atoms with Crippen molar-refractivity contribution in [1.29, 1.82) is 5.41 Å². The first-order chi connectivity index (χ1) is 12.0. The minimum atomic E-state index is -0.467. The molecule has 1 aliphatic heterocycles. The highest BCUT2D eigenvalue weighted by atomic mass is 35.5. The van der Waals surface area contributed by atoms with Gasteiger partial charge in [0.25, 0.3) is 0 Å². The normalized spacial score (nSPS) is 14.2. The molecule has 3 rings (SSSR count). The van der Waals surface area contributed by atoms with E-state index in [1.165, 1.54) is 5.56 Å². The van der Waals surface area contributed by atoms with Crippen molar-refractivity contribution in [2.45, 2.75) is 19.9 Å². The smallest absolute Gasteiger partial charge is 0.248 e. The van der Waals surface area contributed by atoms with Crippen molar-refractivity contribution >= 4 is 44.6 Å². The monoisotopic (exact) mass is 377 g/mol. The molecule has 0 unspecified atom stereocenters. The fourth-order valence-corrected chi connectivity index (χ4v) is 4.80. The average Bonchev–Trinajstić information content (AvgIpc) is 3.00. The first kappa shape index (κ1) is 17.9. The number of nitrogens with one attached hydrogen (secondary N) is 2. The van der Waals surface area contributed by atoms with Crippen LogP contribution in [0.25, 0.3) is 10.1 Å². The molecular formula is C18H20ClN3O2S. The van der Waals surface area contributed by atoms with Crippen molar-refractivity contribution in [2.24, 2.45) is 0 Å². The molecule has 25 heavy (non-hydrogen) atoms. The molecule has 1 aromatic carbocycles. The largest absolute Gasteiger partial charge is 0.394 e. The molecule has 0 saturated heterocycles. The third-order valence-electron chi connectivity index (χ3n) is 4.43. The zero-order valence-electron chi connectivity index (χ0n) is 14.1. The number of fused-ring (bicyclic) bond motifs is 3. The van der Waals surface area contributed by atoms with Gasteiger partial charge in [0.15, 0.2) is 0 Å². The Kier molecular flexibility index (Phi) is 5.13. The number of amides is 1. The van der Waals surface area contributed by atoms with Crippen LogP contribution in [-0.2, 0) is 17.8 Å². The second-order valence-corrected chi connectivity index (χ2v) is 7.51. The number of thiophene rings is 1. The van der Waals surface area contributed by atoms with Gasteiger partial charge in [-0.3, -0.25) is 4.79 Å². The summed E-state index contributed by atoms with van der Waals surface area (Å²) in [5, 5.41) is 22.2. The van der Waals surface area contributed by atoms with Crippen LogP contribution in [-0.4, -0.2) is 41.8 Å². The van der Waals surface area contributed by atoms with Gasteiger partial charge in [0.2, 0.25) is 5.91 Å². The van der Waals surface area contributed by atoms with Crippen LogP contribution in [0.4, 0.5) is 0 Å². The van der Waals surface area contributed by atoms with Gasteiger partial charge in [0.1, 0.15) is 6.61 Å². The number of aliphatic hydroxyl groups excluding tert-OH is 1. The Bertz CT molecular complexity index is 888. The SMILES string of the molecule is CN/C=C\C(=N)c1cc(C)c(Cl)c2sc3c(c12)CCN(C(=O)CO)C3. The quantitative estimate of drug-likeness (QED) is 0.717. The van der Waals surface area contributed by atoms with E-state index < -0.39 is 6.61 Å². The van der Waals surface area contributed by atoms with E-state index in [0.29, 0.717) is 30.2 Å². The van der Waals surface area contributed by atoms with Gasteiger partial charge in [-0.2, -0.15) is 0 Å². The van der Waals surface area contributed by atoms with Crippen LogP contribution in [0, 0.1) is 12.3 Å². The highest BCUT2D eigenvalue weighted by molar-refractivity contribution is 7.20. The lowest BCUT2D eigenvalue weighted by Crippen LogP contribution is -2.37. The summed E-state index contributed by atoms with van der Waals surface area (Å²) in [5.41, 5.74) is 3.39. The topological polar surface area (TPSA) is 76.4 Å². The minimum Gasteiger partial charge on any atom is -0.394 e. The number of aliphatic hydroxyl groups is 1. The molecule has 0 radical (unpaired) electrons. The molecule has 1 amide bonds. The maximum atomic E-state index is 11.8. The van der Waals surface area contributed by atoms with Gasteiger partial charge in [-0.05, 0) is 42.8 Å². The van der Waals surface area contributed by atoms with Gasteiger partial charge in [0, 0.05) is 29.4 Å². The maximum Gasteiger partial charge on any atom is 0.248 e. The lowest BCUT2D eigenvalue weighted by Gasteiger charge is -2.26. The van der Waals surface area contributed by atoms with Gasteiger partial charge in [0.05, 0.1) is 22.0 Å². The van der Waals surface area contributed by atoms with E-state index in [1.807, 2.05) is 13.0 Å². The summed E-state index contributed by atoms with van der Waals surface area (Å²) < 4.78 is 0.975. The molecule has 3 N–H and O–H groups in total. The second-order valence-electron chi connectivity index (χ2n) is 6.02. The number of hydrogen-bond acceptors (Lipinski definition) is 5. The number of aryl methyl sites for hydroxylation is 1. The van der Waals surface area contributed by atoms with Crippen LogP contribution in [0.15, 0.2) is 18.3 Å². The van der Waals surface area contributed by atoms with Crippen LogP contribution in [0.3, 0.4) is 0 Å². The Balaban J connectivity index is 2.16. The average molecular weight is 378 g/mol. The number of halogens is 1. The molecule has 1 aromatic heterocycles. The van der Waals surface area contributed by atoms with Crippen LogP contribution < -0.4 is 5.32 Å². The molecule has 0 aliphatic carbocycles. The minimum absolute atomic E-state index is 0.254. The van der Waals surface area contributed by atoms with Gasteiger partial charge < -0.3 is 20.7 Å². The number of carbonyl (C=O) groups is 1. The van der Waals surface area contributed by atoms with E-state index in [0.717, 1.165) is 26.1 Å². The fourth-order valence-electron chi connectivity index (χ4n) is 3.16. The van der Waals surface area contributed by atoms with Crippen LogP contribution in [0.5, 0.6) is 0 Å². The molecule has 0 saturated carbocycles. The van der Waals surface area contributed by atoms with Gasteiger partial charge in [-0.25, -0.2) is 0 Å². The van der Waals surface area contributed by atoms with E-state index in [2.05, 4.69) is 5.32 Å². The Morgan fingerprint density at radius 1 is 1.56 bits per heavy atom. The molecule has 2 aromatic rings. The molecule has 7 heteroatoms. The Labute approximate surface area is 155 Å². The molecule has 2 heterocycles. The second kappa shape index (κ2) is 7.15. The third kappa shape index (κ3) is 3.17. The highest BCUT2D eigenvalue weighted by Crippen LogP contribution is 2.42. The Morgan fingerprint density at radius 2 is 2.32 bits per heavy atom. The predicted molar refractivity (Wildman–Crippen MR) is 103 cm³/mol. The highest BCUT2D eigenvalue weighted by Gasteiger charge is 2.26. The summed E-state index contributed by atoms with van der Waals surface area (Å²) >= 11 is 8.13. The van der Waals surface area contributed by atoms with Crippen molar-refractivity contribution in [3.63, 3.8) is 0 Å². The molecule has 5 nitrogen and oxygen atoms in total. The van der Waals surface area contributed by atoms with Gasteiger partial charge in [-0.1, -0.05) is 11.6 Å². The van der Waals surface area contributed by atoms with Crippen LogP contribution in [0.1, 0.15) is 21.6 Å². The lowest BCUT2D eigenvalue weighted by molar-refractivity contribution is -0.135. The molecule has 0 spiro atoms. The molecule has 0 bridgehead atoms. The Morgan fingerprint density at radius 3 is 3.00 bits per heavy atom. The van der Waals surface area contributed by atoms with E-state index in [4.69, 9.17) is 22.1 Å².